The molecular formula is C22H28N2OS. The van der Waals surface area contributed by atoms with E-state index in [1.165, 1.54) is 35.4 Å². The molecule has 2 fully saturated rings. The molecule has 3 heterocycles. The third-order valence-corrected chi connectivity index (χ3v) is 6.89. The zero-order valence-corrected chi connectivity index (χ0v) is 16.6. The summed E-state index contributed by atoms with van der Waals surface area (Å²) in [6, 6.07) is 12.9. The van der Waals surface area contributed by atoms with Crippen molar-refractivity contribution >= 4 is 17.2 Å². The average Bonchev–Trinajstić information content (AvgIpc) is 3.21. The van der Waals surface area contributed by atoms with Gasteiger partial charge < -0.3 is 4.90 Å². The number of hydrogen-bond donors (Lipinski definition) is 0. The lowest BCUT2D eigenvalue weighted by Crippen LogP contribution is -2.44. The second-order valence-electron chi connectivity index (χ2n) is 8.19. The van der Waals surface area contributed by atoms with E-state index in [2.05, 4.69) is 47.9 Å². The molecule has 2 aliphatic rings. The Morgan fingerprint density at radius 1 is 1.12 bits per heavy atom. The lowest BCUT2D eigenvalue weighted by molar-refractivity contribution is 0.0679. The number of amides is 1. The first kappa shape index (κ1) is 17.7. The number of carbonyl (C=O) groups excluding carboxylic acids is 1. The highest BCUT2D eigenvalue weighted by Gasteiger charge is 2.42. The fraction of sp³-hybridized carbons (Fsp3) is 0.500. The predicted molar refractivity (Wildman–Crippen MR) is 108 cm³/mol. The van der Waals surface area contributed by atoms with Crippen LogP contribution in [0.2, 0.25) is 0 Å². The van der Waals surface area contributed by atoms with Crippen LogP contribution in [0.4, 0.5) is 0 Å². The summed E-state index contributed by atoms with van der Waals surface area (Å²) in [5.41, 5.74) is 3.03. The molecule has 2 aliphatic heterocycles. The van der Waals surface area contributed by atoms with Crippen molar-refractivity contribution in [1.29, 1.82) is 0 Å². The summed E-state index contributed by atoms with van der Waals surface area (Å²) in [5, 5.41) is 0. The first-order valence-electron chi connectivity index (χ1n) is 9.67. The van der Waals surface area contributed by atoms with E-state index in [1.807, 2.05) is 12.1 Å². The molecule has 1 unspecified atom stereocenters. The molecule has 138 valence electrons. The Bertz CT molecular complexity index is 799. The molecule has 1 aromatic heterocycles. The van der Waals surface area contributed by atoms with Crippen LogP contribution in [0.3, 0.4) is 0 Å². The van der Waals surface area contributed by atoms with E-state index in [4.69, 9.17) is 0 Å². The summed E-state index contributed by atoms with van der Waals surface area (Å²) in [5.74, 6) is 0.232. The number of likely N-dealkylation sites (tertiary alicyclic amines) is 2. The largest absolute Gasteiger partial charge is 0.337 e. The molecule has 0 aliphatic carbocycles. The Kier molecular flexibility index (Phi) is 4.89. The number of rotatable bonds is 3. The third-order valence-electron chi connectivity index (χ3n) is 5.91. The van der Waals surface area contributed by atoms with Crippen LogP contribution in [-0.2, 0) is 6.54 Å². The van der Waals surface area contributed by atoms with Gasteiger partial charge in [0.1, 0.15) is 0 Å². The molecule has 4 rings (SSSR count). The van der Waals surface area contributed by atoms with Gasteiger partial charge in [-0.1, -0.05) is 29.8 Å². The summed E-state index contributed by atoms with van der Waals surface area (Å²) in [6.45, 7) is 9.38. The number of piperidine rings is 1. The fourth-order valence-electron chi connectivity index (χ4n) is 4.66. The maximum absolute atomic E-state index is 12.8. The highest BCUT2D eigenvalue weighted by atomic mass is 32.1. The molecule has 2 saturated heterocycles. The lowest BCUT2D eigenvalue weighted by atomic mass is 9.79. The number of carbonyl (C=O) groups is 1. The Hall–Kier alpha value is -1.65. The van der Waals surface area contributed by atoms with Crippen LogP contribution >= 0.6 is 11.3 Å². The maximum atomic E-state index is 12.8. The Balaban J connectivity index is 1.41. The SMILES string of the molecule is Cc1cccc(CN2CCCC3(CCN(C(=O)c4ccc(C)s4)C3)C2)c1. The van der Waals surface area contributed by atoms with Crippen LogP contribution in [-0.4, -0.2) is 41.9 Å². The summed E-state index contributed by atoms with van der Waals surface area (Å²) < 4.78 is 0. The van der Waals surface area contributed by atoms with E-state index >= 15 is 0 Å². The van der Waals surface area contributed by atoms with Crippen molar-refractivity contribution in [3.05, 3.63) is 57.3 Å². The predicted octanol–water partition coefficient (Wildman–Crippen LogP) is 4.49. The summed E-state index contributed by atoms with van der Waals surface area (Å²) >= 11 is 1.62. The quantitative estimate of drug-likeness (QED) is 0.797. The Morgan fingerprint density at radius 3 is 2.77 bits per heavy atom. The van der Waals surface area contributed by atoms with E-state index in [9.17, 15) is 4.79 Å². The lowest BCUT2D eigenvalue weighted by Gasteiger charge is -2.40. The Labute approximate surface area is 160 Å². The monoisotopic (exact) mass is 368 g/mol. The summed E-state index contributed by atoms with van der Waals surface area (Å²) in [7, 11) is 0. The number of aryl methyl sites for hydroxylation is 2. The van der Waals surface area contributed by atoms with Crippen molar-refractivity contribution in [2.75, 3.05) is 26.2 Å². The minimum Gasteiger partial charge on any atom is -0.337 e. The van der Waals surface area contributed by atoms with Gasteiger partial charge in [0.2, 0.25) is 0 Å². The fourth-order valence-corrected chi connectivity index (χ4v) is 5.50. The van der Waals surface area contributed by atoms with Crippen molar-refractivity contribution in [2.24, 2.45) is 5.41 Å². The van der Waals surface area contributed by atoms with E-state index in [0.29, 0.717) is 5.41 Å². The van der Waals surface area contributed by atoms with Gasteiger partial charge in [0.05, 0.1) is 4.88 Å². The van der Waals surface area contributed by atoms with Crippen molar-refractivity contribution in [3.63, 3.8) is 0 Å². The number of nitrogens with zero attached hydrogens (tertiary/aromatic N) is 2. The first-order valence-corrected chi connectivity index (χ1v) is 10.5. The molecule has 1 atom stereocenters. The minimum atomic E-state index is 0.232. The van der Waals surface area contributed by atoms with Gasteiger partial charge in [-0.2, -0.15) is 0 Å². The number of benzene rings is 1. The molecule has 2 aromatic rings. The molecule has 0 saturated carbocycles. The van der Waals surface area contributed by atoms with Crippen molar-refractivity contribution < 1.29 is 4.79 Å². The number of thiophene rings is 1. The molecule has 0 N–H and O–H groups in total. The van der Waals surface area contributed by atoms with Gasteiger partial charge in [-0.15, -0.1) is 11.3 Å². The van der Waals surface area contributed by atoms with E-state index in [0.717, 1.165) is 37.5 Å². The summed E-state index contributed by atoms with van der Waals surface area (Å²) in [6.07, 6.45) is 3.64. The molecule has 3 nitrogen and oxygen atoms in total. The molecule has 1 spiro atoms. The Morgan fingerprint density at radius 2 is 2.00 bits per heavy atom. The second-order valence-corrected chi connectivity index (χ2v) is 9.48. The highest BCUT2D eigenvalue weighted by Crippen LogP contribution is 2.40. The van der Waals surface area contributed by atoms with Gasteiger partial charge >= 0.3 is 0 Å². The summed E-state index contributed by atoms with van der Waals surface area (Å²) in [4.78, 5) is 19.6. The number of hydrogen-bond acceptors (Lipinski definition) is 3. The first-order chi connectivity index (χ1) is 12.5. The van der Waals surface area contributed by atoms with Gasteiger partial charge in [0.15, 0.2) is 0 Å². The van der Waals surface area contributed by atoms with Gasteiger partial charge in [-0.3, -0.25) is 9.69 Å². The molecule has 0 bridgehead atoms. The second kappa shape index (κ2) is 7.16. The van der Waals surface area contributed by atoms with Gasteiger partial charge in [0, 0.05) is 36.5 Å². The topological polar surface area (TPSA) is 23.6 Å². The average molecular weight is 369 g/mol. The van der Waals surface area contributed by atoms with E-state index < -0.39 is 0 Å². The highest BCUT2D eigenvalue weighted by molar-refractivity contribution is 7.13. The van der Waals surface area contributed by atoms with E-state index in [1.54, 1.807) is 11.3 Å². The van der Waals surface area contributed by atoms with Crippen molar-refractivity contribution in [2.45, 2.75) is 39.7 Å². The molecule has 26 heavy (non-hydrogen) atoms. The van der Waals surface area contributed by atoms with Crippen LogP contribution < -0.4 is 0 Å². The third kappa shape index (κ3) is 3.72. The molecule has 1 aromatic carbocycles. The maximum Gasteiger partial charge on any atom is 0.263 e. The van der Waals surface area contributed by atoms with Gasteiger partial charge in [0.25, 0.3) is 5.91 Å². The smallest absolute Gasteiger partial charge is 0.263 e. The normalized spacial score (nSPS) is 23.7. The van der Waals surface area contributed by atoms with Crippen LogP contribution in [0.15, 0.2) is 36.4 Å². The molecule has 1 amide bonds. The van der Waals surface area contributed by atoms with Crippen LogP contribution in [0, 0.1) is 19.3 Å². The molecule has 0 radical (unpaired) electrons. The van der Waals surface area contributed by atoms with Crippen molar-refractivity contribution in [3.8, 4) is 0 Å². The standard InChI is InChI=1S/C22H28N2OS/c1-17-5-3-6-19(13-17)14-23-11-4-9-22(15-23)10-12-24(16-22)21(25)20-8-7-18(2)26-20/h3,5-8,13H,4,9-12,14-16H2,1-2H3. The minimum absolute atomic E-state index is 0.232. The van der Waals surface area contributed by atoms with Crippen LogP contribution in [0.1, 0.15) is 44.9 Å². The van der Waals surface area contributed by atoms with Gasteiger partial charge in [-0.25, -0.2) is 0 Å². The van der Waals surface area contributed by atoms with Crippen molar-refractivity contribution in [1.82, 2.24) is 9.80 Å². The molecule has 4 heteroatoms. The molecular weight excluding hydrogens is 340 g/mol. The van der Waals surface area contributed by atoms with Gasteiger partial charge in [-0.05, 0) is 57.4 Å². The zero-order chi connectivity index (χ0) is 18.1. The van der Waals surface area contributed by atoms with Crippen LogP contribution in [0.25, 0.3) is 0 Å². The van der Waals surface area contributed by atoms with E-state index in [-0.39, 0.29) is 5.91 Å². The zero-order valence-electron chi connectivity index (χ0n) is 15.8. The van der Waals surface area contributed by atoms with Crippen LogP contribution in [0.5, 0.6) is 0 Å².